The van der Waals surface area contributed by atoms with Gasteiger partial charge >= 0.3 is 0 Å². The number of nitro groups is 1. The third kappa shape index (κ3) is 2.74. The van der Waals surface area contributed by atoms with Gasteiger partial charge in [0.25, 0.3) is 11.2 Å². The van der Waals surface area contributed by atoms with Crippen molar-refractivity contribution in [1.82, 2.24) is 9.66 Å². The lowest BCUT2D eigenvalue weighted by Crippen LogP contribution is -2.20. The fourth-order valence-electron chi connectivity index (χ4n) is 2.09. The Morgan fingerprint density at radius 3 is 2.92 bits per heavy atom. The molecule has 3 rings (SSSR count). The highest BCUT2D eigenvalue weighted by atomic mass is 35.5. The zero-order valence-corrected chi connectivity index (χ0v) is 13.7. The van der Waals surface area contributed by atoms with Gasteiger partial charge in [-0.1, -0.05) is 11.6 Å². The van der Waals surface area contributed by atoms with Gasteiger partial charge in [-0.25, -0.2) is 4.98 Å². The Bertz CT molecular complexity index is 1060. The van der Waals surface area contributed by atoms with Gasteiger partial charge in [0.1, 0.15) is 10.7 Å². The molecule has 2 heterocycles. The number of benzene rings is 1. The van der Waals surface area contributed by atoms with E-state index < -0.39 is 16.4 Å². The molecule has 122 valence electrons. The predicted octanol–water partition coefficient (Wildman–Crippen LogP) is 2.28. The number of aromatic nitrogens is 2. The van der Waals surface area contributed by atoms with E-state index in [0.29, 0.717) is 16.0 Å². The fraction of sp³-hybridized carbons (Fsp3) is 0.0714. The minimum Gasteiger partial charge on any atom is -0.867 e. The maximum atomic E-state index is 12.4. The lowest BCUT2D eigenvalue weighted by Gasteiger charge is -2.11. The van der Waals surface area contributed by atoms with Gasteiger partial charge in [0.15, 0.2) is 0 Å². The third-order valence-corrected chi connectivity index (χ3v) is 4.23. The number of nitro benzene ring substituents is 1. The smallest absolute Gasteiger partial charge is 0.282 e. The quantitative estimate of drug-likeness (QED) is 0.402. The third-order valence-electron chi connectivity index (χ3n) is 3.21. The van der Waals surface area contributed by atoms with Gasteiger partial charge in [-0.05, 0) is 35.7 Å². The van der Waals surface area contributed by atoms with E-state index in [-0.39, 0.29) is 16.1 Å². The van der Waals surface area contributed by atoms with E-state index in [0.717, 1.165) is 17.0 Å². The van der Waals surface area contributed by atoms with Crippen LogP contribution in [0.1, 0.15) is 11.4 Å². The average molecular weight is 364 g/mol. The summed E-state index contributed by atoms with van der Waals surface area (Å²) in [4.78, 5) is 27.2. The molecular weight excluding hydrogens is 356 g/mol. The van der Waals surface area contributed by atoms with Crippen molar-refractivity contribution in [2.24, 2.45) is 5.10 Å². The second kappa shape index (κ2) is 6.02. The maximum Gasteiger partial charge on any atom is 0.282 e. The van der Waals surface area contributed by atoms with Crippen LogP contribution in [-0.4, -0.2) is 20.8 Å². The summed E-state index contributed by atoms with van der Waals surface area (Å²) in [6, 6.07) is 3.85. The highest BCUT2D eigenvalue weighted by Gasteiger charge is 2.12. The molecule has 3 aromatic rings. The number of halogens is 1. The van der Waals surface area contributed by atoms with E-state index in [4.69, 9.17) is 11.6 Å². The van der Waals surface area contributed by atoms with Gasteiger partial charge in [0.2, 0.25) is 0 Å². The Balaban J connectivity index is 2.13. The van der Waals surface area contributed by atoms with Crippen LogP contribution in [0.5, 0.6) is 5.75 Å². The lowest BCUT2D eigenvalue weighted by atomic mass is 10.2. The summed E-state index contributed by atoms with van der Waals surface area (Å²) in [5.74, 6) is -0.501. The van der Waals surface area contributed by atoms with Crippen molar-refractivity contribution in [2.45, 2.75) is 6.92 Å². The minimum atomic E-state index is -0.830. The van der Waals surface area contributed by atoms with Crippen LogP contribution in [0.4, 0.5) is 5.69 Å². The molecule has 0 bridgehead atoms. The molecule has 8 nitrogen and oxygen atoms in total. The van der Waals surface area contributed by atoms with Crippen LogP contribution >= 0.6 is 22.9 Å². The molecule has 0 saturated carbocycles. The van der Waals surface area contributed by atoms with Crippen molar-refractivity contribution in [3.8, 4) is 5.75 Å². The van der Waals surface area contributed by atoms with Gasteiger partial charge in [-0.15, -0.1) is 11.3 Å². The molecule has 2 aromatic heterocycles. The predicted molar refractivity (Wildman–Crippen MR) is 89.2 cm³/mol. The van der Waals surface area contributed by atoms with Gasteiger partial charge in [0, 0.05) is 11.1 Å². The summed E-state index contributed by atoms with van der Waals surface area (Å²) in [5, 5.41) is 29.0. The first-order valence-electron chi connectivity index (χ1n) is 6.54. The van der Waals surface area contributed by atoms with Gasteiger partial charge in [-0.3, -0.25) is 14.9 Å². The van der Waals surface area contributed by atoms with Crippen LogP contribution in [0.15, 0.2) is 33.5 Å². The van der Waals surface area contributed by atoms with Crippen LogP contribution in [0.2, 0.25) is 5.02 Å². The van der Waals surface area contributed by atoms with Crippen molar-refractivity contribution < 1.29 is 10.0 Å². The molecule has 1 aromatic carbocycles. The number of hydrogen-bond donors (Lipinski definition) is 0. The first-order valence-corrected chi connectivity index (χ1v) is 7.80. The molecule has 0 aliphatic carbocycles. The molecule has 0 radical (unpaired) electrons. The van der Waals surface area contributed by atoms with Gasteiger partial charge in [-0.2, -0.15) is 9.78 Å². The Morgan fingerprint density at radius 1 is 1.46 bits per heavy atom. The molecular formula is C14H8ClN4O4S-. The zero-order chi connectivity index (χ0) is 17.4. The molecule has 0 amide bonds. The van der Waals surface area contributed by atoms with E-state index in [1.165, 1.54) is 17.4 Å². The fourth-order valence-corrected chi connectivity index (χ4v) is 3.11. The molecule has 0 aliphatic rings. The van der Waals surface area contributed by atoms with E-state index in [1.807, 2.05) is 0 Å². The standard InChI is InChI=1S/C14H9ClN4O4S/c1-7-17-13-10(2-3-24-13)14(21)18(7)16-6-8-4-9(15)5-11(12(8)20)19(22)23/h2-6,20H,1H3/p-1/b16-6-. The lowest BCUT2D eigenvalue weighted by molar-refractivity contribution is -0.398. The Hall–Kier alpha value is -2.78. The molecule has 0 aliphatic heterocycles. The summed E-state index contributed by atoms with van der Waals surface area (Å²) >= 11 is 7.12. The Kier molecular flexibility index (Phi) is 4.04. The van der Waals surface area contributed by atoms with Crippen LogP contribution in [0.25, 0.3) is 10.2 Å². The van der Waals surface area contributed by atoms with E-state index in [1.54, 1.807) is 18.4 Å². The molecule has 10 heteroatoms. The number of aryl methyl sites for hydroxylation is 1. The summed E-state index contributed by atoms with van der Waals surface area (Å²) in [6.07, 6.45) is 1.06. The summed E-state index contributed by atoms with van der Waals surface area (Å²) in [6.45, 7) is 1.59. The Labute approximate surface area is 143 Å². The summed E-state index contributed by atoms with van der Waals surface area (Å²) < 4.78 is 1.03. The normalized spacial score (nSPS) is 11.4. The van der Waals surface area contributed by atoms with Crippen molar-refractivity contribution in [2.75, 3.05) is 0 Å². The molecule has 0 saturated heterocycles. The molecule has 0 atom stereocenters. The molecule has 0 fully saturated rings. The largest absolute Gasteiger partial charge is 0.867 e. The van der Waals surface area contributed by atoms with Gasteiger partial charge in [0.05, 0.1) is 16.5 Å². The van der Waals surface area contributed by atoms with E-state index >= 15 is 0 Å². The first kappa shape index (κ1) is 16.1. The maximum absolute atomic E-state index is 12.4. The SMILES string of the molecule is Cc1nc2sccc2c(=O)n1/N=C\c1cc(Cl)cc([N+](=O)[O-])c1[O-]. The Morgan fingerprint density at radius 2 is 2.21 bits per heavy atom. The highest BCUT2D eigenvalue weighted by molar-refractivity contribution is 7.16. The van der Waals surface area contributed by atoms with Crippen molar-refractivity contribution in [3.05, 3.63) is 60.5 Å². The van der Waals surface area contributed by atoms with E-state index in [9.17, 15) is 20.0 Å². The van der Waals surface area contributed by atoms with Crippen LogP contribution in [0.3, 0.4) is 0 Å². The number of rotatable bonds is 3. The van der Waals surface area contributed by atoms with Gasteiger partial charge < -0.3 is 5.11 Å². The van der Waals surface area contributed by atoms with Crippen molar-refractivity contribution in [3.63, 3.8) is 0 Å². The zero-order valence-electron chi connectivity index (χ0n) is 12.1. The number of nitrogens with zero attached hydrogens (tertiary/aromatic N) is 4. The van der Waals surface area contributed by atoms with Crippen molar-refractivity contribution in [1.29, 1.82) is 0 Å². The number of hydrogen-bond acceptors (Lipinski definition) is 7. The number of fused-ring (bicyclic) bond motifs is 1. The summed E-state index contributed by atoms with van der Waals surface area (Å²) in [5.41, 5.74) is -1.13. The first-order chi connectivity index (χ1) is 11.4. The second-order valence-electron chi connectivity index (χ2n) is 4.76. The average Bonchev–Trinajstić information content (AvgIpc) is 2.98. The molecule has 0 unspecified atom stereocenters. The second-order valence-corrected chi connectivity index (χ2v) is 6.09. The molecule has 24 heavy (non-hydrogen) atoms. The van der Waals surface area contributed by atoms with Crippen LogP contribution in [0, 0.1) is 17.0 Å². The number of thiophene rings is 1. The monoisotopic (exact) mass is 363 g/mol. The molecule has 0 spiro atoms. The minimum absolute atomic E-state index is 0.0261. The highest BCUT2D eigenvalue weighted by Crippen LogP contribution is 2.30. The topological polar surface area (TPSA) is 113 Å². The summed E-state index contributed by atoms with van der Waals surface area (Å²) in [7, 11) is 0. The van der Waals surface area contributed by atoms with Crippen molar-refractivity contribution >= 4 is 45.1 Å². The van der Waals surface area contributed by atoms with E-state index in [2.05, 4.69) is 10.1 Å². The molecule has 0 N–H and O–H groups in total. The van der Waals surface area contributed by atoms with Crippen LogP contribution in [-0.2, 0) is 0 Å². The van der Waals surface area contributed by atoms with Crippen LogP contribution < -0.4 is 10.7 Å².